The Morgan fingerprint density at radius 2 is 2.11 bits per heavy atom. The van der Waals surface area contributed by atoms with Gasteiger partial charge in [-0.25, -0.2) is 4.98 Å². The van der Waals surface area contributed by atoms with Gasteiger partial charge in [-0.1, -0.05) is 17.3 Å². The second-order valence-corrected chi connectivity index (χ2v) is 6.38. The number of benzene rings is 1. The molecule has 1 unspecified atom stereocenters. The van der Waals surface area contributed by atoms with Crippen molar-refractivity contribution in [1.82, 2.24) is 25.3 Å². The van der Waals surface area contributed by atoms with Crippen LogP contribution in [0.2, 0.25) is 0 Å². The zero-order chi connectivity index (χ0) is 18.6. The quantitative estimate of drug-likeness (QED) is 0.673. The number of anilines is 2. The van der Waals surface area contributed by atoms with Crippen LogP contribution in [0.5, 0.6) is 5.75 Å². The van der Waals surface area contributed by atoms with E-state index < -0.39 is 0 Å². The summed E-state index contributed by atoms with van der Waals surface area (Å²) in [5.41, 5.74) is 1.56. The molecule has 3 heterocycles. The Balaban J connectivity index is 0.00000225. The fourth-order valence-corrected chi connectivity index (χ4v) is 3.13. The Hall–Kier alpha value is -2.68. The minimum atomic E-state index is 0. The van der Waals surface area contributed by atoms with E-state index in [1.807, 2.05) is 36.4 Å². The summed E-state index contributed by atoms with van der Waals surface area (Å²) in [6.07, 6.45) is 1.72. The Kier molecular flexibility index (Phi) is 6.45. The first kappa shape index (κ1) is 20.1. The number of para-hydroxylation sites is 2. The first-order valence-corrected chi connectivity index (χ1v) is 8.86. The highest BCUT2D eigenvalue weighted by atomic mass is 35.5. The fourth-order valence-electron chi connectivity index (χ4n) is 3.13. The average Bonchev–Trinajstić information content (AvgIpc) is 3.19. The molecule has 1 atom stereocenters. The van der Waals surface area contributed by atoms with Crippen LogP contribution in [0.1, 0.15) is 11.9 Å². The summed E-state index contributed by atoms with van der Waals surface area (Å²) < 4.78 is 11.0. The van der Waals surface area contributed by atoms with E-state index in [9.17, 15) is 0 Å². The highest BCUT2D eigenvalue weighted by Crippen LogP contribution is 2.32. The standard InChI is InChI=1S/C19H22N6O2.ClH/c1-25-11-10-20-12-15(25)18-23-19(27-24-18)13-6-5-9-21-17(13)22-14-7-3-4-8-16(14)26-2;/h3-9,15,20H,10-12H2,1-2H3,(H,21,22);1H. The van der Waals surface area contributed by atoms with E-state index in [1.54, 1.807) is 13.3 Å². The molecule has 0 spiro atoms. The van der Waals surface area contributed by atoms with Crippen molar-refractivity contribution >= 4 is 23.9 Å². The number of halogens is 1. The average molecular weight is 403 g/mol. The van der Waals surface area contributed by atoms with Gasteiger partial charge in [-0.2, -0.15) is 4.98 Å². The number of hydrogen-bond acceptors (Lipinski definition) is 8. The van der Waals surface area contributed by atoms with Crippen molar-refractivity contribution in [2.24, 2.45) is 0 Å². The van der Waals surface area contributed by atoms with Crippen molar-refractivity contribution in [3.63, 3.8) is 0 Å². The van der Waals surface area contributed by atoms with Crippen molar-refractivity contribution in [3.8, 4) is 17.2 Å². The smallest absolute Gasteiger partial charge is 0.261 e. The molecule has 148 valence electrons. The zero-order valence-electron chi connectivity index (χ0n) is 15.8. The Labute approximate surface area is 169 Å². The summed E-state index contributed by atoms with van der Waals surface area (Å²) in [5, 5.41) is 10.9. The lowest BCUT2D eigenvalue weighted by molar-refractivity contribution is 0.190. The monoisotopic (exact) mass is 402 g/mol. The van der Waals surface area contributed by atoms with Gasteiger partial charge in [0.2, 0.25) is 0 Å². The van der Waals surface area contributed by atoms with Gasteiger partial charge in [-0.05, 0) is 31.3 Å². The summed E-state index contributed by atoms with van der Waals surface area (Å²) in [4.78, 5) is 11.3. The first-order chi connectivity index (χ1) is 13.3. The second-order valence-electron chi connectivity index (χ2n) is 6.38. The van der Waals surface area contributed by atoms with Crippen LogP contribution in [0.3, 0.4) is 0 Å². The van der Waals surface area contributed by atoms with Gasteiger partial charge >= 0.3 is 0 Å². The van der Waals surface area contributed by atoms with Crippen LogP contribution >= 0.6 is 12.4 Å². The number of ether oxygens (including phenoxy) is 1. The minimum absolute atomic E-state index is 0. The van der Waals surface area contributed by atoms with Gasteiger partial charge in [0.15, 0.2) is 5.82 Å². The van der Waals surface area contributed by atoms with E-state index in [2.05, 4.69) is 37.7 Å². The lowest BCUT2D eigenvalue weighted by atomic mass is 10.2. The summed E-state index contributed by atoms with van der Waals surface area (Å²) in [6, 6.07) is 11.5. The van der Waals surface area contributed by atoms with Crippen molar-refractivity contribution < 1.29 is 9.26 Å². The normalized spacial score (nSPS) is 17.0. The number of nitrogens with zero attached hydrogens (tertiary/aromatic N) is 4. The topological polar surface area (TPSA) is 88.3 Å². The van der Waals surface area contributed by atoms with Crippen LogP contribution < -0.4 is 15.4 Å². The van der Waals surface area contributed by atoms with E-state index in [4.69, 9.17) is 9.26 Å². The maximum Gasteiger partial charge on any atom is 0.261 e. The summed E-state index contributed by atoms with van der Waals surface area (Å²) in [5.74, 6) is 2.48. The van der Waals surface area contributed by atoms with Gasteiger partial charge in [-0.15, -0.1) is 12.4 Å². The zero-order valence-corrected chi connectivity index (χ0v) is 16.6. The number of pyridine rings is 1. The predicted molar refractivity (Wildman–Crippen MR) is 109 cm³/mol. The first-order valence-electron chi connectivity index (χ1n) is 8.86. The lowest BCUT2D eigenvalue weighted by Crippen LogP contribution is -2.44. The maximum atomic E-state index is 5.56. The molecule has 0 amide bonds. The van der Waals surface area contributed by atoms with Gasteiger partial charge in [0.1, 0.15) is 11.6 Å². The third-order valence-corrected chi connectivity index (χ3v) is 4.65. The molecule has 28 heavy (non-hydrogen) atoms. The lowest BCUT2D eigenvalue weighted by Gasteiger charge is -2.30. The fraction of sp³-hybridized carbons (Fsp3) is 0.316. The van der Waals surface area contributed by atoms with Crippen molar-refractivity contribution in [1.29, 1.82) is 0 Å². The van der Waals surface area contributed by atoms with Crippen molar-refractivity contribution in [2.45, 2.75) is 6.04 Å². The van der Waals surface area contributed by atoms with Crippen LogP contribution in [0, 0.1) is 0 Å². The molecular formula is C19H23ClN6O2. The molecule has 2 N–H and O–H groups in total. The number of piperazine rings is 1. The number of likely N-dealkylation sites (N-methyl/N-ethyl adjacent to an activating group) is 1. The molecule has 1 aliphatic heterocycles. The third kappa shape index (κ3) is 4.09. The number of nitrogens with one attached hydrogen (secondary N) is 2. The van der Waals surface area contributed by atoms with Gasteiger partial charge in [0.05, 0.1) is 24.4 Å². The minimum Gasteiger partial charge on any atom is -0.495 e. The van der Waals surface area contributed by atoms with E-state index in [-0.39, 0.29) is 18.4 Å². The molecule has 2 aromatic heterocycles. The van der Waals surface area contributed by atoms with E-state index >= 15 is 0 Å². The predicted octanol–water partition coefficient (Wildman–Crippen LogP) is 2.88. The molecule has 3 aromatic rings. The highest BCUT2D eigenvalue weighted by Gasteiger charge is 2.26. The van der Waals surface area contributed by atoms with Gasteiger partial charge in [0, 0.05) is 25.8 Å². The summed E-state index contributed by atoms with van der Waals surface area (Å²) in [7, 11) is 3.71. The van der Waals surface area contributed by atoms with Crippen molar-refractivity contribution in [2.75, 3.05) is 39.1 Å². The molecule has 0 radical (unpaired) electrons. The van der Waals surface area contributed by atoms with Crippen LogP contribution in [0.4, 0.5) is 11.5 Å². The molecule has 9 heteroatoms. The maximum absolute atomic E-state index is 5.56. The van der Waals surface area contributed by atoms with Crippen LogP contribution in [0.15, 0.2) is 47.1 Å². The molecule has 0 bridgehead atoms. The molecule has 1 saturated heterocycles. The van der Waals surface area contributed by atoms with Crippen LogP contribution in [-0.2, 0) is 0 Å². The SMILES string of the molecule is COc1ccccc1Nc1ncccc1-c1nc(C2CNCCN2C)no1.Cl. The number of methoxy groups -OCH3 is 1. The third-order valence-electron chi connectivity index (χ3n) is 4.65. The molecule has 1 fully saturated rings. The van der Waals surface area contributed by atoms with Crippen LogP contribution in [0.25, 0.3) is 11.5 Å². The van der Waals surface area contributed by atoms with Gasteiger partial charge < -0.3 is 19.9 Å². The summed E-state index contributed by atoms with van der Waals surface area (Å²) >= 11 is 0. The van der Waals surface area contributed by atoms with E-state index in [0.717, 1.165) is 36.6 Å². The molecule has 1 aromatic carbocycles. The molecule has 4 rings (SSSR count). The number of aromatic nitrogens is 3. The number of rotatable bonds is 5. The Morgan fingerprint density at radius 1 is 1.25 bits per heavy atom. The van der Waals surface area contributed by atoms with E-state index in [0.29, 0.717) is 17.5 Å². The molecule has 8 nitrogen and oxygen atoms in total. The van der Waals surface area contributed by atoms with E-state index in [1.165, 1.54) is 0 Å². The number of hydrogen-bond donors (Lipinski definition) is 2. The van der Waals surface area contributed by atoms with Gasteiger partial charge in [0.25, 0.3) is 5.89 Å². The molecule has 0 aliphatic carbocycles. The Morgan fingerprint density at radius 3 is 2.93 bits per heavy atom. The summed E-state index contributed by atoms with van der Waals surface area (Å²) in [6.45, 7) is 2.71. The highest BCUT2D eigenvalue weighted by molar-refractivity contribution is 5.85. The van der Waals surface area contributed by atoms with Gasteiger partial charge in [-0.3, -0.25) is 4.90 Å². The molecule has 1 aliphatic rings. The second kappa shape index (κ2) is 9.01. The van der Waals surface area contributed by atoms with Crippen LogP contribution in [-0.4, -0.2) is 53.8 Å². The Bertz CT molecular complexity index is 919. The largest absolute Gasteiger partial charge is 0.495 e. The molecule has 0 saturated carbocycles. The molecular weight excluding hydrogens is 380 g/mol. The van der Waals surface area contributed by atoms with Crippen molar-refractivity contribution in [3.05, 3.63) is 48.4 Å².